The summed E-state index contributed by atoms with van der Waals surface area (Å²) in [6.07, 6.45) is 2.36. The van der Waals surface area contributed by atoms with Crippen LogP contribution < -0.4 is 0 Å². The SMILES string of the molecule is CCC(CC)CC(C)F. The topological polar surface area (TPSA) is 0 Å². The minimum atomic E-state index is -0.616. The zero-order valence-corrected chi connectivity index (χ0v) is 6.65. The first-order chi connectivity index (χ1) is 4.20. The summed E-state index contributed by atoms with van der Waals surface area (Å²) in [6.45, 7) is 5.88. The van der Waals surface area contributed by atoms with Gasteiger partial charge in [-0.3, -0.25) is 0 Å². The van der Waals surface area contributed by atoms with Crippen molar-refractivity contribution in [1.82, 2.24) is 0 Å². The maximum atomic E-state index is 12.3. The lowest BCUT2D eigenvalue weighted by molar-refractivity contribution is 0.279. The molecule has 0 spiro atoms. The predicted molar refractivity (Wildman–Crippen MR) is 39.3 cm³/mol. The standard InChI is InChI=1S/C8H17F/c1-4-8(5-2)6-7(3)9/h7-8H,4-6H2,1-3H3. The van der Waals surface area contributed by atoms with E-state index in [2.05, 4.69) is 13.8 Å². The molecule has 0 aliphatic carbocycles. The lowest BCUT2D eigenvalue weighted by Gasteiger charge is -2.11. The van der Waals surface area contributed by atoms with E-state index in [0.29, 0.717) is 5.92 Å². The Hall–Kier alpha value is -0.0700. The smallest absolute Gasteiger partial charge is 0.0976 e. The Morgan fingerprint density at radius 3 is 1.78 bits per heavy atom. The third-order valence-corrected chi connectivity index (χ3v) is 1.81. The summed E-state index contributed by atoms with van der Waals surface area (Å²) in [5.74, 6) is 0.602. The molecule has 1 atom stereocenters. The molecule has 0 saturated heterocycles. The van der Waals surface area contributed by atoms with Crippen molar-refractivity contribution in [2.45, 2.75) is 46.2 Å². The van der Waals surface area contributed by atoms with Crippen molar-refractivity contribution >= 4 is 0 Å². The third kappa shape index (κ3) is 4.43. The maximum absolute atomic E-state index is 12.3. The van der Waals surface area contributed by atoms with Gasteiger partial charge >= 0.3 is 0 Å². The highest BCUT2D eigenvalue weighted by Gasteiger charge is 2.07. The van der Waals surface area contributed by atoms with E-state index in [4.69, 9.17) is 0 Å². The highest BCUT2D eigenvalue weighted by atomic mass is 19.1. The van der Waals surface area contributed by atoms with Crippen LogP contribution in [0.3, 0.4) is 0 Å². The van der Waals surface area contributed by atoms with E-state index in [9.17, 15) is 4.39 Å². The average molecular weight is 132 g/mol. The molecule has 0 aliphatic heterocycles. The van der Waals surface area contributed by atoms with Gasteiger partial charge in [0.25, 0.3) is 0 Å². The Morgan fingerprint density at radius 2 is 1.67 bits per heavy atom. The summed E-state index contributed by atoms with van der Waals surface area (Å²) in [6, 6.07) is 0. The molecular formula is C8H17F. The highest BCUT2D eigenvalue weighted by molar-refractivity contribution is 4.58. The number of hydrogen-bond acceptors (Lipinski definition) is 0. The largest absolute Gasteiger partial charge is 0.248 e. The first kappa shape index (κ1) is 8.93. The van der Waals surface area contributed by atoms with Crippen LogP contribution in [0.2, 0.25) is 0 Å². The Bertz CT molecular complexity index is 55.6. The molecule has 0 bridgehead atoms. The van der Waals surface area contributed by atoms with Crippen molar-refractivity contribution in [2.24, 2.45) is 5.92 Å². The minimum Gasteiger partial charge on any atom is -0.248 e. The second-order valence-corrected chi connectivity index (χ2v) is 2.70. The summed E-state index contributed by atoms with van der Waals surface area (Å²) in [4.78, 5) is 0. The lowest BCUT2D eigenvalue weighted by Crippen LogP contribution is -2.03. The van der Waals surface area contributed by atoms with Gasteiger partial charge in [0.2, 0.25) is 0 Å². The van der Waals surface area contributed by atoms with Gasteiger partial charge in [-0.1, -0.05) is 26.7 Å². The van der Waals surface area contributed by atoms with Crippen molar-refractivity contribution in [3.8, 4) is 0 Å². The Morgan fingerprint density at radius 1 is 1.22 bits per heavy atom. The van der Waals surface area contributed by atoms with Crippen LogP contribution in [-0.4, -0.2) is 6.17 Å². The van der Waals surface area contributed by atoms with Gasteiger partial charge in [0.05, 0.1) is 6.17 Å². The van der Waals surface area contributed by atoms with Crippen LogP contribution in [0.25, 0.3) is 0 Å². The summed E-state index contributed by atoms with van der Waals surface area (Å²) in [7, 11) is 0. The molecule has 0 fully saturated rings. The second kappa shape index (κ2) is 4.78. The number of rotatable bonds is 4. The van der Waals surface area contributed by atoms with Gasteiger partial charge in [-0.25, -0.2) is 4.39 Å². The van der Waals surface area contributed by atoms with Gasteiger partial charge in [-0.05, 0) is 19.3 Å². The van der Waals surface area contributed by atoms with E-state index in [0.717, 1.165) is 19.3 Å². The van der Waals surface area contributed by atoms with Gasteiger partial charge in [0.1, 0.15) is 0 Å². The molecule has 9 heavy (non-hydrogen) atoms. The van der Waals surface area contributed by atoms with Crippen LogP contribution in [-0.2, 0) is 0 Å². The van der Waals surface area contributed by atoms with Crippen LogP contribution in [0.15, 0.2) is 0 Å². The van der Waals surface area contributed by atoms with Crippen LogP contribution in [0.5, 0.6) is 0 Å². The van der Waals surface area contributed by atoms with E-state index < -0.39 is 6.17 Å². The Labute approximate surface area is 57.5 Å². The average Bonchev–Trinajstić information content (AvgIpc) is 1.82. The molecule has 0 aliphatic rings. The molecule has 0 amide bonds. The zero-order valence-electron chi connectivity index (χ0n) is 6.65. The second-order valence-electron chi connectivity index (χ2n) is 2.70. The molecule has 0 aromatic carbocycles. The molecule has 0 heterocycles. The van der Waals surface area contributed by atoms with Crippen molar-refractivity contribution in [3.05, 3.63) is 0 Å². The normalized spacial score (nSPS) is 14.3. The zero-order chi connectivity index (χ0) is 7.28. The molecular weight excluding hydrogens is 115 g/mol. The van der Waals surface area contributed by atoms with Gasteiger partial charge in [0, 0.05) is 0 Å². The first-order valence-corrected chi connectivity index (χ1v) is 3.84. The van der Waals surface area contributed by atoms with E-state index in [1.54, 1.807) is 6.92 Å². The Balaban J connectivity index is 3.31. The van der Waals surface area contributed by atoms with E-state index in [1.807, 2.05) is 0 Å². The highest BCUT2D eigenvalue weighted by Crippen LogP contribution is 2.15. The minimum absolute atomic E-state index is 0.602. The molecule has 0 rings (SSSR count). The van der Waals surface area contributed by atoms with Gasteiger partial charge in [-0.15, -0.1) is 0 Å². The van der Waals surface area contributed by atoms with Gasteiger partial charge in [0.15, 0.2) is 0 Å². The molecule has 0 N–H and O–H groups in total. The van der Waals surface area contributed by atoms with Crippen LogP contribution in [0.4, 0.5) is 4.39 Å². The fourth-order valence-corrected chi connectivity index (χ4v) is 1.08. The summed E-state index contributed by atoms with van der Waals surface area (Å²) in [5, 5.41) is 0. The molecule has 1 unspecified atom stereocenters. The maximum Gasteiger partial charge on any atom is 0.0976 e. The number of alkyl halides is 1. The molecule has 56 valence electrons. The van der Waals surface area contributed by atoms with Crippen LogP contribution >= 0.6 is 0 Å². The van der Waals surface area contributed by atoms with Gasteiger partial charge in [-0.2, -0.15) is 0 Å². The molecule has 0 nitrogen and oxygen atoms in total. The summed E-state index contributed by atoms with van der Waals surface area (Å²) >= 11 is 0. The van der Waals surface area contributed by atoms with Crippen molar-refractivity contribution in [2.75, 3.05) is 0 Å². The quantitative estimate of drug-likeness (QED) is 0.551. The first-order valence-electron chi connectivity index (χ1n) is 3.84. The molecule has 0 aromatic heterocycles. The van der Waals surface area contributed by atoms with E-state index in [-0.39, 0.29) is 0 Å². The lowest BCUT2D eigenvalue weighted by atomic mass is 9.97. The Kier molecular flexibility index (Phi) is 4.74. The van der Waals surface area contributed by atoms with E-state index >= 15 is 0 Å². The van der Waals surface area contributed by atoms with Gasteiger partial charge < -0.3 is 0 Å². The number of halogens is 1. The monoisotopic (exact) mass is 132 g/mol. The third-order valence-electron chi connectivity index (χ3n) is 1.81. The summed E-state index contributed by atoms with van der Waals surface area (Å²) in [5.41, 5.74) is 0. The van der Waals surface area contributed by atoms with Crippen LogP contribution in [0, 0.1) is 5.92 Å². The van der Waals surface area contributed by atoms with E-state index in [1.165, 1.54) is 0 Å². The van der Waals surface area contributed by atoms with Crippen molar-refractivity contribution in [1.29, 1.82) is 0 Å². The molecule has 0 radical (unpaired) electrons. The van der Waals surface area contributed by atoms with Crippen molar-refractivity contribution < 1.29 is 4.39 Å². The van der Waals surface area contributed by atoms with Crippen LogP contribution in [0.1, 0.15) is 40.0 Å². The molecule has 1 heteroatoms. The predicted octanol–water partition coefficient (Wildman–Crippen LogP) is 3.17. The summed E-state index contributed by atoms with van der Waals surface area (Å²) < 4.78 is 12.3. The fraction of sp³-hybridized carbons (Fsp3) is 1.00. The molecule has 0 saturated carbocycles. The molecule has 0 aromatic rings. The number of hydrogen-bond donors (Lipinski definition) is 0. The fourth-order valence-electron chi connectivity index (χ4n) is 1.08. The van der Waals surface area contributed by atoms with Crippen molar-refractivity contribution in [3.63, 3.8) is 0 Å².